The minimum Gasteiger partial charge on any atom is -0.291 e. The minimum absolute atomic E-state index is 0.573. The van der Waals surface area contributed by atoms with E-state index in [2.05, 4.69) is 32.7 Å². The summed E-state index contributed by atoms with van der Waals surface area (Å²) in [4.78, 5) is 4.68. The highest BCUT2D eigenvalue weighted by molar-refractivity contribution is 5.88. The number of rotatable bonds is 1. The molecule has 0 aromatic carbocycles. The number of nitrogens with zero attached hydrogens (tertiary/aromatic N) is 1. The molecule has 0 bridgehead atoms. The lowest BCUT2D eigenvalue weighted by Gasteiger charge is -2.25. The molecule has 1 aliphatic heterocycles. The summed E-state index contributed by atoms with van der Waals surface area (Å²) in [5.41, 5.74) is 1.43. The van der Waals surface area contributed by atoms with Crippen LogP contribution in [0.15, 0.2) is 4.99 Å². The first-order chi connectivity index (χ1) is 5.11. The smallest absolute Gasteiger partial charge is 0.0471 e. The summed E-state index contributed by atoms with van der Waals surface area (Å²) < 4.78 is 0. The Morgan fingerprint density at radius 2 is 1.91 bits per heavy atom. The van der Waals surface area contributed by atoms with E-state index in [1.54, 1.807) is 0 Å². The van der Waals surface area contributed by atoms with Crippen molar-refractivity contribution in [2.45, 2.75) is 46.6 Å². The van der Waals surface area contributed by atoms with Gasteiger partial charge in [-0.15, -0.1) is 0 Å². The van der Waals surface area contributed by atoms with Crippen molar-refractivity contribution in [1.82, 2.24) is 0 Å². The molecular formula is C10H19N. The largest absolute Gasteiger partial charge is 0.291 e. The molecule has 0 spiro atoms. The van der Waals surface area contributed by atoms with Crippen LogP contribution in [0.3, 0.4) is 0 Å². The van der Waals surface area contributed by atoms with E-state index in [0.29, 0.717) is 12.0 Å². The molecule has 64 valence electrons. The topological polar surface area (TPSA) is 12.4 Å². The first-order valence-corrected chi connectivity index (χ1v) is 4.69. The zero-order valence-corrected chi connectivity index (χ0v) is 8.09. The summed E-state index contributed by atoms with van der Waals surface area (Å²) in [6, 6.07) is 0.573. The van der Waals surface area contributed by atoms with Gasteiger partial charge in [0.05, 0.1) is 0 Å². The van der Waals surface area contributed by atoms with E-state index in [1.165, 1.54) is 18.6 Å². The summed E-state index contributed by atoms with van der Waals surface area (Å²) in [6.07, 6.45) is 2.61. The quantitative estimate of drug-likeness (QED) is 0.549. The van der Waals surface area contributed by atoms with Crippen LogP contribution in [0.4, 0.5) is 0 Å². The molecule has 0 radical (unpaired) electrons. The highest BCUT2D eigenvalue weighted by Gasteiger charge is 2.20. The normalized spacial score (nSPS) is 32.3. The van der Waals surface area contributed by atoms with E-state index in [4.69, 9.17) is 0 Å². The van der Waals surface area contributed by atoms with Crippen LogP contribution in [0, 0.1) is 11.8 Å². The first-order valence-electron chi connectivity index (χ1n) is 4.69. The Hall–Kier alpha value is -0.330. The average Bonchev–Trinajstić information content (AvgIpc) is 1.94. The van der Waals surface area contributed by atoms with Crippen molar-refractivity contribution in [3.8, 4) is 0 Å². The van der Waals surface area contributed by atoms with Crippen molar-refractivity contribution in [2.24, 2.45) is 16.8 Å². The maximum Gasteiger partial charge on any atom is 0.0471 e. The van der Waals surface area contributed by atoms with Crippen LogP contribution >= 0.6 is 0 Å². The molecule has 0 aliphatic carbocycles. The lowest BCUT2D eigenvalue weighted by molar-refractivity contribution is 0.513. The van der Waals surface area contributed by atoms with Crippen LogP contribution < -0.4 is 0 Å². The van der Waals surface area contributed by atoms with Crippen molar-refractivity contribution in [3.63, 3.8) is 0 Å². The standard InChI is InChI=1S/C10H19N/c1-7(2)10-8(3)5-6-9(4)11-10/h7-9H,5-6H2,1-4H3. The summed E-state index contributed by atoms with van der Waals surface area (Å²) in [7, 11) is 0. The van der Waals surface area contributed by atoms with Gasteiger partial charge in [-0.05, 0) is 31.6 Å². The third-order valence-corrected chi connectivity index (χ3v) is 2.48. The van der Waals surface area contributed by atoms with Crippen molar-refractivity contribution in [3.05, 3.63) is 0 Å². The Bertz CT molecular complexity index is 158. The van der Waals surface area contributed by atoms with Gasteiger partial charge in [-0.3, -0.25) is 4.99 Å². The number of hydrogen-bond acceptors (Lipinski definition) is 1. The van der Waals surface area contributed by atoms with Crippen LogP contribution in [0.2, 0.25) is 0 Å². The Morgan fingerprint density at radius 3 is 2.36 bits per heavy atom. The van der Waals surface area contributed by atoms with Crippen molar-refractivity contribution < 1.29 is 0 Å². The molecule has 2 unspecified atom stereocenters. The van der Waals surface area contributed by atoms with Crippen LogP contribution in [0.25, 0.3) is 0 Å². The fraction of sp³-hybridized carbons (Fsp3) is 0.900. The fourth-order valence-corrected chi connectivity index (χ4v) is 1.80. The molecule has 1 heterocycles. The summed E-state index contributed by atoms with van der Waals surface area (Å²) >= 11 is 0. The molecule has 1 rings (SSSR count). The van der Waals surface area contributed by atoms with Gasteiger partial charge in [-0.2, -0.15) is 0 Å². The van der Waals surface area contributed by atoms with E-state index in [1.807, 2.05) is 0 Å². The second kappa shape index (κ2) is 3.38. The van der Waals surface area contributed by atoms with Gasteiger partial charge in [0.1, 0.15) is 0 Å². The maximum absolute atomic E-state index is 4.68. The zero-order chi connectivity index (χ0) is 8.43. The molecule has 0 amide bonds. The summed E-state index contributed by atoms with van der Waals surface area (Å²) in [5.74, 6) is 1.37. The first kappa shape index (κ1) is 8.76. The van der Waals surface area contributed by atoms with E-state index >= 15 is 0 Å². The molecule has 0 saturated carbocycles. The van der Waals surface area contributed by atoms with E-state index < -0.39 is 0 Å². The van der Waals surface area contributed by atoms with Crippen LogP contribution in [-0.2, 0) is 0 Å². The predicted octanol–water partition coefficient (Wildman–Crippen LogP) is 2.90. The Morgan fingerprint density at radius 1 is 1.27 bits per heavy atom. The summed E-state index contributed by atoms with van der Waals surface area (Å²) in [5, 5.41) is 0. The van der Waals surface area contributed by atoms with Crippen LogP contribution in [0.1, 0.15) is 40.5 Å². The minimum atomic E-state index is 0.573. The van der Waals surface area contributed by atoms with Gasteiger partial charge in [-0.1, -0.05) is 20.8 Å². The maximum atomic E-state index is 4.68. The van der Waals surface area contributed by atoms with Gasteiger partial charge in [0.25, 0.3) is 0 Å². The van der Waals surface area contributed by atoms with Crippen LogP contribution in [0.5, 0.6) is 0 Å². The van der Waals surface area contributed by atoms with Crippen LogP contribution in [-0.4, -0.2) is 11.8 Å². The highest BCUT2D eigenvalue weighted by atomic mass is 14.8. The molecule has 2 atom stereocenters. The van der Waals surface area contributed by atoms with Gasteiger partial charge in [0.15, 0.2) is 0 Å². The molecule has 0 aromatic rings. The van der Waals surface area contributed by atoms with Gasteiger partial charge in [-0.25, -0.2) is 0 Å². The number of aliphatic imine (C=N–C) groups is 1. The third-order valence-electron chi connectivity index (χ3n) is 2.48. The zero-order valence-electron chi connectivity index (χ0n) is 8.09. The highest BCUT2D eigenvalue weighted by Crippen LogP contribution is 2.22. The molecular weight excluding hydrogens is 134 g/mol. The second-order valence-corrected chi connectivity index (χ2v) is 4.04. The molecule has 0 N–H and O–H groups in total. The van der Waals surface area contributed by atoms with Gasteiger partial charge >= 0.3 is 0 Å². The van der Waals surface area contributed by atoms with Crippen molar-refractivity contribution >= 4 is 5.71 Å². The molecule has 0 aromatic heterocycles. The third kappa shape index (κ3) is 2.05. The SMILES string of the molecule is CC1CCC(C)C(C(C)C)=N1. The molecule has 1 aliphatic rings. The monoisotopic (exact) mass is 153 g/mol. The number of hydrogen-bond donors (Lipinski definition) is 0. The van der Waals surface area contributed by atoms with E-state index in [-0.39, 0.29) is 0 Å². The van der Waals surface area contributed by atoms with Crippen molar-refractivity contribution in [2.75, 3.05) is 0 Å². The average molecular weight is 153 g/mol. The van der Waals surface area contributed by atoms with Gasteiger partial charge in [0, 0.05) is 11.8 Å². The fourth-order valence-electron chi connectivity index (χ4n) is 1.80. The van der Waals surface area contributed by atoms with Crippen molar-refractivity contribution in [1.29, 1.82) is 0 Å². The molecule has 1 nitrogen and oxygen atoms in total. The van der Waals surface area contributed by atoms with Gasteiger partial charge < -0.3 is 0 Å². The predicted molar refractivity (Wildman–Crippen MR) is 50.1 cm³/mol. The van der Waals surface area contributed by atoms with E-state index in [9.17, 15) is 0 Å². The Balaban J connectivity index is 2.71. The Labute approximate surface area is 69.9 Å². The summed E-state index contributed by atoms with van der Waals surface area (Å²) in [6.45, 7) is 9.00. The molecule has 0 fully saturated rings. The lowest BCUT2D eigenvalue weighted by Crippen LogP contribution is -2.25. The second-order valence-electron chi connectivity index (χ2n) is 4.04. The van der Waals surface area contributed by atoms with E-state index in [0.717, 1.165) is 5.92 Å². The molecule has 1 heteroatoms. The molecule has 0 saturated heterocycles. The lowest BCUT2D eigenvalue weighted by atomic mass is 9.88. The molecule has 11 heavy (non-hydrogen) atoms. The Kier molecular flexibility index (Phi) is 2.69. The van der Waals surface area contributed by atoms with Gasteiger partial charge in [0.2, 0.25) is 0 Å².